The number of anilines is 2. The summed E-state index contributed by atoms with van der Waals surface area (Å²) in [5, 5.41) is 2.98. The van der Waals surface area contributed by atoms with Crippen LogP contribution in [0.4, 0.5) is 11.4 Å². The van der Waals surface area contributed by atoms with Crippen LogP contribution in [-0.4, -0.2) is 24.7 Å². The minimum absolute atomic E-state index is 0.0684. The number of thioether (sulfide) groups is 1. The molecule has 0 bridgehead atoms. The number of halogens is 1. The van der Waals surface area contributed by atoms with Crippen LogP contribution >= 0.6 is 27.7 Å². The van der Waals surface area contributed by atoms with E-state index in [4.69, 9.17) is 0 Å². The van der Waals surface area contributed by atoms with Crippen molar-refractivity contribution in [3.63, 3.8) is 0 Å². The van der Waals surface area contributed by atoms with E-state index in [1.54, 1.807) is 0 Å². The Morgan fingerprint density at radius 2 is 2.13 bits per heavy atom. The number of nitrogens with zero attached hydrogens (tertiary/aromatic N) is 1. The molecular weight excluding hydrogens is 372 g/mol. The van der Waals surface area contributed by atoms with Gasteiger partial charge in [-0.25, -0.2) is 0 Å². The minimum atomic E-state index is -0.0684. The van der Waals surface area contributed by atoms with E-state index in [2.05, 4.69) is 39.1 Å². The van der Waals surface area contributed by atoms with Crippen molar-refractivity contribution >= 4 is 45.0 Å². The van der Waals surface area contributed by atoms with Crippen LogP contribution in [0.2, 0.25) is 0 Å². The van der Waals surface area contributed by atoms with Crippen LogP contribution < -0.4 is 10.2 Å². The lowest BCUT2D eigenvalue weighted by Crippen LogP contribution is -2.29. The lowest BCUT2D eigenvalue weighted by Gasteiger charge is -2.30. The number of amides is 1. The number of hydrogen-bond donors (Lipinski definition) is 1. The zero-order valence-electron chi connectivity index (χ0n) is 13.2. The average Bonchev–Trinajstić information content (AvgIpc) is 2.57. The van der Waals surface area contributed by atoms with Crippen molar-refractivity contribution in [2.24, 2.45) is 0 Å². The molecular formula is C18H19BrN2OS. The smallest absolute Gasteiger partial charge is 0.255 e. The molecule has 1 aliphatic heterocycles. The van der Waals surface area contributed by atoms with E-state index in [0.717, 1.165) is 34.6 Å². The molecule has 1 N–H and O–H groups in total. The molecule has 0 saturated carbocycles. The van der Waals surface area contributed by atoms with Gasteiger partial charge in [0.2, 0.25) is 0 Å². The molecule has 0 spiro atoms. The second kappa shape index (κ2) is 6.97. The van der Waals surface area contributed by atoms with Crippen molar-refractivity contribution in [2.75, 3.05) is 29.1 Å². The number of carbonyl (C=O) groups excluding carboxylic acids is 1. The Labute approximate surface area is 149 Å². The van der Waals surface area contributed by atoms with Crippen LogP contribution in [0.5, 0.6) is 0 Å². The summed E-state index contributed by atoms with van der Waals surface area (Å²) in [5.41, 5.74) is 3.78. The number of nitrogens with one attached hydrogen (secondary N) is 1. The largest absolute Gasteiger partial charge is 0.370 e. The number of rotatable bonds is 3. The SMILES string of the molecule is CCN1CCSc2ccc(C(=O)Nc3ccc(Br)c(C)c3)cc21. The van der Waals surface area contributed by atoms with Crippen molar-refractivity contribution in [3.8, 4) is 0 Å². The van der Waals surface area contributed by atoms with Crippen molar-refractivity contribution in [2.45, 2.75) is 18.7 Å². The Morgan fingerprint density at radius 1 is 1.30 bits per heavy atom. The summed E-state index contributed by atoms with van der Waals surface area (Å²) in [7, 11) is 0. The van der Waals surface area contributed by atoms with Gasteiger partial charge in [-0.3, -0.25) is 4.79 Å². The zero-order chi connectivity index (χ0) is 16.4. The van der Waals surface area contributed by atoms with Gasteiger partial charge in [0.15, 0.2) is 0 Å². The summed E-state index contributed by atoms with van der Waals surface area (Å²) in [6.07, 6.45) is 0. The molecule has 0 fully saturated rings. The maximum absolute atomic E-state index is 12.5. The molecule has 0 aliphatic carbocycles. The molecule has 1 amide bonds. The minimum Gasteiger partial charge on any atom is -0.370 e. The van der Waals surface area contributed by atoms with Gasteiger partial charge in [0.25, 0.3) is 5.91 Å². The first-order valence-electron chi connectivity index (χ1n) is 7.68. The van der Waals surface area contributed by atoms with Gasteiger partial charge in [0.1, 0.15) is 0 Å². The Bertz CT molecular complexity index is 748. The van der Waals surface area contributed by atoms with Crippen LogP contribution in [0.1, 0.15) is 22.8 Å². The number of carbonyl (C=O) groups is 1. The first-order valence-corrected chi connectivity index (χ1v) is 9.45. The quantitative estimate of drug-likeness (QED) is 0.804. The summed E-state index contributed by atoms with van der Waals surface area (Å²) < 4.78 is 1.04. The molecule has 3 rings (SSSR count). The Morgan fingerprint density at radius 3 is 2.87 bits per heavy atom. The predicted octanol–water partition coefficient (Wildman–Crippen LogP) is 4.94. The highest BCUT2D eigenvalue weighted by molar-refractivity contribution is 9.10. The van der Waals surface area contributed by atoms with Gasteiger partial charge in [-0.15, -0.1) is 11.8 Å². The summed E-state index contributed by atoms with van der Waals surface area (Å²) in [6.45, 7) is 6.15. The molecule has 5 heteroatoms. The third-order valence-corrected chi connectivity index (χ3v) is 5.91. The Hall–Kier alpha value is -1.46. The summed E-state index contributed by atoms with van der Waals surface area (Å²) in [4.78, 5) is 16.1. The molecule has 0 saturated heterocycles. The van der Waals surface area contributed by atoms with Gasteiger partial charge < -0.3 is 10.2 Å². The topological polar surface area (TPSA) is 32.3 Å². The van der Waals surface area contributed by atoms with Crippen LogP contribution in [0.25, 0.3) is 0 Å². The second-order valence-corrected chi connectivity index (χ2v) is 7.52. The highest BCUT2D eigenvalue weighted by Crippen LogP contribution is 2.35. The van der Waals surface area contributed by atoms with Crippen LogP contribution in [0.3, 0.4) is 0 Å². The van der Waals surface area contributed by atoms with E-state index in [9.17, 15) is 4.79 Å². The van der Waals surface area contributed by atoms with E-state index < -0.39 is 0 Å². The monoisotopic (exact) mass is 390 g/mol. The molecule has 3 nitrogen and oxygen atoms in total. The highest BCUT2D eigenvalue weighted by Gasteiger charge is 2.18. The second-order valence-electron chi connectivity index (χ2n) is 5.53. The molecule has 120 valence electrons. The maximum Gasteiger partial charge on any atom is 0.255 e. The van der Waals surface area contributed by atoms with Gasteiger partial charge in [0.05, 0.1) is 5.69 Å². The fraction of sp³-hybridized carbons (Fsp3) is 0.278. The van der Waals surface area contributed by atoms with Crippen LogP contribution in [0, 0.1) is 6.92 Å². The molecule has 1 aliphatic rings. The molecule has 0 aromatic heterocycles. The molecule has 2 aromatic rings. The van der Waals surface area contributed by atoms with Gasteiger partial charge in [-0.05, 0) is 55.8 Å². The molecule has 0 unspecified atom stereocenters. The Kier molecular flexibility index (Phi) is 4.97. The fourth-order valence-electron chi connectivity index (χ4n) is 2.67. The molecule has 1 heterocycles. The van der Waals surface area contributed by atoms with Gasteiger partial charge in [-0.2, -0.15) is 0 Å². The number of hydrogen-bond acceptors (Lipinski definition) is 3. The molecule has 2 aromatic carbocycles. The van der Waals surface area contributed by atoms with Gasteiger partial charge in [-0.1, -0.05) is 15.9 Å². The third-order valence-electron chi connectivity index (χ3n) is 3.98. The molecule has 0 radical (unpaired) electrons. The van der Waals surface area contributed by atoms with Crippen molar-refractivity contribution in [1.29, 1.82) is 0 Å². The van der Waals surface area contributed by atoms with Crippen LogP contribution in [-0.2, 0) is 0 Å². The summed E-state index contributed by atoms with van der Waals surface area (Å²) in [5.74, 6) is 1.03. The fourth-order valence-corrected chi connectivity index (χ4v) is 3.95. The zero-order valence-corrected chi connectivity index (χ0v) is 15.6. The average molecular weight is 391 g/mol. The van der Waals surface area contributed by atoms with E-state index >= 15 is 0 Å². The van der Waals surface area contributed by atoms with E-state index in [1.807, 2.05) is 49.0 Å². The number of benzene rings is 2. The predicted molar refractivity (Wildman–Crippen MR) is 102 cm³/mol. The van der Waals surface area contributed by atoms with Gasteiger partial charge in [0, 0.05) is 39.5 Å². The lowest BCUT2D eigenvalue weighted by atomic mass is 10.1. The normalized spacial score (nSPS) is 13.6. The van der Waals surface area contributed by atoms with Crippen molar-refractivity contribution in [3.05, 3.63) is 52.0 Å². The third kappa shape index (κ3) is 3.56. The van der Waals surface area contributed by atoms with E-state index in [1.165, 1.54) is 10.6 Å². The Balaban J connectivity index is 1.83. The molecule has 0 atom stereocenters. The lowest BCUT2D eigenvalue weighted by molar-refractivity contribution is 0.102. The number of aryl methyl sites for hydroxylation is 1. The molecule has 23 heavy (non-hydrogen) atoms. The number of fused-ring (bicyclic) bond motifs is 1. The van der Waals surface area contributed by atoms with E-state index in [0.29, 0.717) is 5.56 Å². The van der Waals surface area contributed by atoms with Crippen LogP contribution in [0.15, 0.2) is 45.8 Å². The highest BCUT2D eigenvalue weighted by atomic mass is 79.9. The van der Waals surface area contributed by atoms with Crippen molar-refractivity contribution in [1.82, 2.24) is 0 Å². The standard InChI is InChI=1S/C18H19BrN2OS/c1-3-21-8-9-23-17-7-4-13(11-16(17)21)18(22)20-14-5-6-15(19)12(2)10-14/h4-7,10-11H,3,8-9H2,1-2H3,(H,20,22). The first-order chi connectivity index (χ1) is 11.1. The summed E-state index contributed by atoms with van der Waals surface area (Å²) >= 11 is 5.33. The maximum atomic E-state index is 12.5. The van der Waals surface area contributed by atoms with Crippen molar-refractivity contribution < 1.29 is 4.79 Å². The first kappa shape index (κ1) is 16.4. The summed E-state index contributed by atoms with van der Waals surface area (Å²) in [6, 6.07) is 11.8. The van der Waals surface area contributed by atoms with E-state index in [-0.39, 0.29) is 5.91 Å². The van der Waals surface area contributed by atoms with Gasteiger partial charge >= 0.3 is 0 Å².